The molecule has 170 valence electrons. The fraction of sp³-hybridized carbons (Fsp3) is 0.318. The molecule has 3 rings (SSSR count). The van der Waals surface area contributed by atoms with Crippen LogP contribution in [0.3, 0.4) is 0 Å². The first-order valence-electron chi connectivity index (χ1n) is 9.80. The number of ether oxygens (including phenoxy) is 2. The molecule has 1 atom stereocenters. The van der Waals surface area contributed by atoms with E-state index in [1.54, 1.807) is 36.4 Å². The van der Waals surface area contributed by atoms with E-state index in [0.717, 1.165) is 19.8 Å². The minimum Gasteiger partial charge on any atom is -0.468 e. The molecule has 1 aliphatic rings. The quantitative estimate of drug-likeness (QED) is 0.451. The summed E-state index contributed by atoms with van der Waals surface area (Å²) in [5.41, 5.74) is 0.00483. The van der Waals surface area contributed by atoms with Crippen LogP contribution < -0.4 is 10.0 Å². The molecule has 0 aromatic heterocycles. The van der Waals surface area contributed by atoms with Gasteiger partial charge < -0.3 is 14.8 Å². The molecule has 2 N–H and O–H groups in total. The third kappa shape index (κ3) is 4.11. The molecule has 0 radical (unpaired) electrons. The summed E-state index contributed by atoms with van der Waals surface area (Å²) >= 11 is 0. The van der Waals surface area contributed by atoms with Crippen molar-refractivity contribution in [2.24, 2.45) is 5.92 Å². The Balaban J connectivity index is 1.99. The van der Waals surface area contributed by atoms with E-state index in [-0.39, 0.29) is 17.9 Å². The lowest BCUT2D eigenvalue weighted by Gasteiger charge is -2.32. The third-order valence-electron chi connectivity index (χ3n) is 5.57. The number of sulfonamides is 1. The van der Waals surface area contributed by atoms with Gasteiger partial charge in [0.05, 0.1) is 19.1 Å². The van der Waals surface area contributed by atoms with Crippen LogP contribution in [0.15, 0.2) is 53.4 Å². The minimum absolute atomic E-state index is 0.0610. The van der Waals surface area contributed by atoms with Gasteiger partial charge in [-0.3, -0.25) is 14.4 Å². The summed E-state index contributed by atoms with van der Waals surface area (Å²) in [6, 6.07) is 12.9. The summed E-state index contributed by atoms with van der Waals surface area (Å²) in [5.74, 6) is -4.14. The Bertz CT molecular complexity index is 1130. The number of hydrogen-bond acceptors (Lipinski definition) is 7. The Morgan fingerprint density at radius 1 is 1.03 bits per heavy atom. The molecule has 1 heterocycles. The molecule has 0 aliphatic carbocycles. The van der Waals surface area contributed by atoms with Crippen LogP contribution >= 0.6 is 0 Å². The number of esters is 2. The number of nitrogens with one attached hydrogen (secondary N) is 2. The third-order valence-corrected chi connectivity index (χ3v) is 7.05. The van der Waals surface area contributed by atoms with Crippen LogP contribution in [-0.4, -0.2) is 47.0 Å². The van der Waals surface area contributed by atoms with Crippen molar-refractivity contribution in [1.82, 2.24) is 4.72 Å². The van der Waals surface area contributed by atoms with Gasteiger partial charge in [0.1, 0.15) is 5.41 Å². The number of para-hydroxylation sites is 1. The Morgan fingerprint density at radius 3 is 2.22 bits per heavy atom. The first-order valence-corrected chi connectivity index (χ1v) is 11.3. The number of hydrogen-bond donors (Lipinski definition) is 2. The SMILES string of the molecule is COC(=O)C(C(=O)OC)[C@@]1(CCNS(=O)(=O)c2ccc(C)cc2)C(=O)Nc2ccccc21. The van der Waals surface area contributed by atoms with Crippen LogP contribution in [0.25, 0.3) is 0 Å². The van der Waals surface area contributed by atoms with Gasteiger partial charge in [0.2, 0.25) is 15.9 Å². The predicted molar refractivity (Wildman–Crippen MR) is 115 cm³/mol. The van der Waals surface area contributed by atoms with Crippen LogP contribution in [0.2, 0.25) is 0 Å². The van der Waals surface area contributed by atoms with Gasteiger partial charge in [0, 0.05) is 12.2 Å². The summed E-state index contributed by atoms with van der Waals surface area (Å²) in [5, 5.41) is 2.68. The fourth-order valence-corrected chi connectivity index (χ4v) is 4.97. The van der Waals surface area contributed by atoms with Gasteiger partial charge in [0.25, 0.3) is 0 Å². The van der Waals surface area contributed by atoms with Crippen LogP contribution in [0, 0.1) is 12.8 Å². The van der Waals surface area contributed by atoms with Crippen molar-refractivity contribution in [2.75, 3.05) is 26.1 Å². The second-order valence-corrected chi connectivity index (χ2v) is 9.18. The molecular weight excluding hydrogens is 436 g/mol. The molecule has 2 aromatic rings. The number of aryl methyl sites for hydroxylation is 1. The predicted octanol–water partition coefficient (Wildman–Crippen LogP) is 1.52. The number of methoxy groups -OCH3 is 2. The van der Waals surface area contributed by atoms with E-state index < -0.39 is 39.2 Å². The molecule has 0 saturated heterocycles. The number of carbonyl (C=O) groups is 3. The van der Waals surface area contributed by atoms with Crippen LogP contribution in [0.4, 0.5) is 5.69 Å². The normalized spacial score (nSPS) is 17.6. The first-order chi connectivity index (χ1) is 15.2. The van der Waals surface area contributed by atoms with E-state index in [9.17, 15) is 22.8 Å². The lowest BCUT2D eigenvalue weighted by Crippen LogP contribution is -2.51. The zero-order valence-electron chi connectivity index (χ0n) is 17.9. The molecule has 0 spiro atoms. The zero-order valence-corrected chi connectivity index (χ0v) is 18.7. The molecule has 10 heteroatoms. The average molecular weight is 461 g/mol. The Labute approximate surface area is 186 Å². The Hall–Kier alpha value is -3.24. The van der Waals surface area contributed by atoms with Crippen molar-refractivity contribution in [3.63, 3.8) is 0 Å². The van der Waals surface area contributed by atoms with E-state index in [0.29, 0.717) is 11.3 Å². The summed E-state index contributed by atoms with van der Waals surface area (Å²) in [4.78, 5) is 38.5. The maximum Gasteiger partial charge on any atom is 0.321 e. The van der Waals surface area contributed by atoms with E-state index in [1.807, 2.05) is 6.92 Å². The molecule has 1 amide bonds. The molecule has 0 bridgehead atoms. The monoisotopic (exact) mass is 460 g/mol. The summed E-state index contributed by atoms with van der Waals surface area (Å²) in [7, 11) is -1.68. The number of benzene rings is 2. The topological polar surface area (TPSA) is 128 Å². The fourth-order valence-electron chi connectivity index (χ4n) is 3.93. The van der Waals surface area contributed by atoms with Gasteiger partial charge in [0.15, 0.2) is 5.92 Å². The highest BCUT2D eigenvalue weighted by Gasteiger charge is 2.58. The highest BCUT2D eigenvalue weighted by molar-refractivity contribution is 7.89. The molecule has 1 aliphatic heterocycles. The lowest BCUT2D eigenvalue weighted by atomic mass is 9.68. The summed E-state index contributed by atoms with van der Waals surface area (Å²) in [6.45, 7) is 1.62. The standard InChI is InChI=1S/C22H24N2O7S/c1-14-8-10-15(11-9-14)32(28,29)23-13-12-22(18(19(25)30-2)20(26)31-3)16-6-4-5-7-17(16)24-21(22)27/h4-11,18,23H,12-13H2,1-3H3,(H,24,27)/t22-/m0/s1. The summed E-state index contributed by atoms with van der Waals surface area (Å²) in [6.07, 6.45) is -0.185. The van der Waals surface area contributed by atoms with Gasteiger partial charge in [-0.2, -0.15) is 0 Å². The van der Waals surface area contributed by atoms with Gasteiger partial charge >= 0.3 is 11.9 Å². The van der Waals surface area contributed by atoms with Gasteiger partial charge in [-0.1, -0.05) is 35.9 Å². The second-order valence-electron chi connectivity index (χ2n) is 7.41. The van der Waals surface area contributed by atoms with Gasteiger partial charge in [-0.15, -0.1) is 0 Å². The Morgan fingerprint density at radius 2 is 1.62 bits per heavy atom. The van der Waals surface area contributed by atoms with Crippen molar-refractivity contribution in [3.05, 3.63) is 59.7 Å². The van der Waals surface area contributed by atoms with Crippen LogP contribution in [0.1, 0.15) is 17.5 Å². The minimum atomic E-state index is -3.88. The van der Waals surface area contributed by atoms with Gasteiger partial charge in [-0.25, -0.2) is 13.1 Å². The van der Waals surface area contributed by atoms with Crippen molar-refractivity contribution in [3.8, 4) is 0 Å². The molecule has 2 aromatic carbocycles. The zero-order chi connectivity index (χ0) is 23.5. The lowest BCUT2D eigenvalue weighted by molar-refractivity contribution is -0.164. The summed E-state index contributed by atoms with van der Waals surface area (Å²) < 4.78 is 37.5. The highest BCUT2D eigenvalue weighted by atomic mass is 32.2. The van der Waals surface area contributed by atoms with Crippen molar-refractivity contribution < 1.29 is 32.3 Å². The largest absolute Gasteiger partial charge is 0.468 e. The van der Waals surface area contributed by atoms with Crippen LogP contribution in [-0.2, 0) is 39.3 Å². The van der Waals surface area contributed by atoms with Crippen molar-refractivity contribution in [1.29, 1.82) is 0 Å². The average Bonchev–Trinajstić information content (AvgIpc) is 3.05. The Kier molecular flexibility index (Phi) is 6.65. The van der Waals surface area contributed by atoms with Crippen molar-refractivity contribution >= 4 is 33.6 Å². The van der Waals surface area contributed by atoms with Gasteiger partial charge in [-0.05, 0) is 37.1 Å². The van der Waals surface area contributed by atoms with Crippen molar-refractivity contribution in [2.45, 2.75) is 23.7 Å². The van der Waals surface area contributed by atoms with E-state index in [1.165, 1.54) is 12.1 Å². The van der Waals surface area contributed by atoms with E-state index in [2.05, 4.69) is 10.0 Å². The number of rotatable bonds is 8. The molecule has 32 heavy (non-hydrogen) atoms. The maximum absolute atomic E-state index is 13.2. The number of carbonyl (C=O) groups excluding carboxylic acids is 3. The highest BCUT2D eigenvalue weighted by Crippen LogP contribution is 2.46. The molecule has 0 unspecified atom stereocenters. The first kappa shape index (κ1) is 23.4. The number of amides is 1. The number of fused-ring (bicyclic) bond motifs is 1. The molecule has 0 fully saturated rings. The van der Waals surface area contributed by atoms with Crippen LogP contribution in [0.5, 0.6) is 0 Å². The maximum atomic E-state index is 13.2. The van der Waals surface area contributed by atoms with E-state index in [4.69, 9.17) is 9.47 Å². The van der Waals surface area contributed by atoms with E-state index >= 15 is 0 Å². The molecule has 9 nitrogen and oxygen atoms in total. The second kappa shape index (κ2) is 9.09. The molecule has 0 saturated carbocycles. The molecular formula is C22H24N2O7S. The smallest absolute Gasteiger partial charge is 0.321 e. The number of anilines is 1.